The van der Waals surface area contributed by atoms with E-state index in [1.54, 1.807) is 12.3 Å². The van der Waals surface area contributed by atoms with Crippen molar-refractivity contribution in [1.29, 1.82) is 0 Å². The second kappa shape index (κ2) is 1.58. The van der Waals surface area contributed by atoms with Crippen LogP contribution in [-0.2, 0) is 0 Å². The van der Waals surface area contributed by atoms with Crippen LogP contribution in [0.2, 0.25) is 0 Å². The summed E-state index contributed by atoms with van der Waals surface area (Å²) in [7, 11) is 0. The summed E-state index contributed by atoms with van der Waals surface area (Å²) in [5.41, 5.74) is 0. The second-order valence-electron chi connectivity index (χ2n) is 1.20. The second-order valence-corrected chi connectivity index (χ2v) is 2.12. The van der Waals surface area contributed by atoms with Gasteiger partial charge in [-0.05, 0) is 15.9 Å². The number of halogens is 1. The van der Waals surface area contributed by atoms with Gasteiger partial charge in [0, 0.05) is 16.7 Å². The average molecular weight is 162 g/mol. The van der Waals surface area contributed by atoms with Gasteiger partial charge in [0.15, 0.2) is 5.88 Å². The van der Waals surface area contributed by atoms with E-state index in [1.165, 1.54) is 0 Å². The van der Waals surface area contributed by atoms with Gasteiger partial charge in [0.05, 0.1) is 0 Å². The molecular formula is C4H4BrNO. The van der Waals surface area contributed by atoms with Crippen molar-refractivity contribution < 1.29 is 5.11 Å². The van der Waals surface area contributed by atoms with Crippen LogP contribution in [0.25, 0.3) is 0 Å². The molecule has 1 rings (SSSR count). The topological polar surface area (TPSA) is 36.0 Å². The van der Waals surface area contributed by atoms with Crippen LogP contribution in [0.4, 0.5) is 0 Å². The molecule has 0 spiro atoms. The highest BCUT2D eigenvalue weighted by Crippen LogP contribution is 2.13. The van der Waals surface area contributed by atoms with Crippen molar-refractivity contribution >= 4 is 15.9 Å². The quantitative estimate of drug-likeness (QED) is 0.595. The van der Waals surface area contributed by atoms with Crippen molar-refractivity contribution in [3.63, 3.8) is 0 Å². The summed E-state index contributed by atoms with van der Waals surface area (Å²) < 4.78 is 0.866. The molecule has 0 saturated carbocycles. The van der Waals surface area contributed by atoms with Gasteiger partial charge in [0.2, 0.25) is 0 Å². The number of aromatic nitrogens is 1. The highest BCUT2D eigenvalue weighted by atomic mass is 79.9. The summed E-state index contributed by atoms with van der Waals surface area (Å²) in [6.45, 7) is 0. The summed E-state index contributed by atoms with van der Waals surface area (Å²) in [5, 5.41) is 8.57. The number of aromatic hydroxyl groups is 1. The predicted octanol–water partition coefficient (Wildman–Crippen LogP) is 1.48. The Bertz CT molecular complexity index is 144. The fourth-order valence-electron chi connectivity index (χ4n) is 0.357. The third kappa shape index (κ3) is 0.962. The molecule has 0 saturated heterocycles. The summed E-state index contributed by atoms with van der Waals surface area (Å²) in [6, 6.07) is 1.58. The molecule has 38 valence electrons. The smallest absolute Gasteiger partial charge is 0.189 e. The van der Waals surface area contributed by atoms with Gasteiger partial charge in [0.1, 0.15) is 0 Å². The Labute approximate surface area is 49.3 Å². The number of nitrogens with one attached hydrogen (secondary N) is 1. The standard InChI is InChI=1S/C4H4BrNO/c5-3-1-4(7)6-2-3/h1-2,6-7H. The van der Waals surface area contributed by atoms with Crippen molar-refractivity contribution in [3.8, 4) is 5.88 Å². The Morgan fingerprint density at radius 2 is 2.43 bits per heavy atom. The summed E-state index contributed by atoms with van der Waals surface area (Å²) in [4.78, 5) is 2.58. The largest absolute Gasteiger partial charge is 0.495 e. The van der Waals surface area contributed by atoms with Crippen molar-refractivity contribution in [2.24, 2.45) is 0 Å². The maximum absolute atomic E-state index is 8.57. The molecule has 0 aliphatic carbocycles. The number of H-pyrrole nitrogens is 1. The van der Waals surface area contributed by atoms with Gasteiger partial charge in [-0.2, -0.15) is 0 Å². The Morgan fingerprint density at radius 1 is 1.71 bits per heavy atom. The molecule has 0 fully saturated rings. The van der Waals surface area contributed by atoms with Crippen LogP contribution in [0, 0.1) is 0 Å². The predicted molar refractivity (Wildman–Crippen MR) is 30.2 cm³/mol. The van der Waals surface area contributed by atoms with Crippen molar-refractivity contribution in [1.82, 2.24) is 4.98 Å². The minimum atomic E-state index is 0.187. The van der Waals surface area contributed by atoms with E-state index in [2.05, 4.69) is 20.9 Å². The van der Waals surface area contributed by atoms with Crippen molar-refractivity contribution in [2.45, 2.75) is 0 Å². The molecule has 0 unspecified atom stereocenters. The lowest BCUT2D eigenvalue weighted by atomic mass is 10.7. The first-order chi connectivity index (χ1) is 3.29. The highest BCUT2D eigenvalue weighted by Gasteiger charge is 1.87. The molecule has 1 heterocycles. The van der Waals surface area contributed by atoms with Gasteiger partial charge in [-0.15, -0.1) is 0 Å². The molecule has 0 radical (unpaired) electrons. The lowest BCUT2D eigenvalue weighted by molar-refractivity contribution is 0.457. The lowest BCUT2D eigenvalue weighted by Gasteiger charge is -1.71. The van der Waals surface area contributed by atoms with Gasteiger partial charge in [-0.1, -0.05) is 0 Å². The van der Waals surface area contributed by atoms with Crippen LogP contribution in [0.5, 0.6) is 5.88 Å². The maximum atomic E-state index is 8.57. The van der Waals surface area contributed by atoms with Gasteiger partial charge in [0.25, 0.3) is 0 Å². The fraction of sp³-hybridized carbons (Fsp3) is 0. The van der Waals surface area contributed by atoms with Gasteiger partial charge < -0.3 is 10.1 Å². The van der Waals surface area contributed by atoms with Crippen LogP contribution in [0.3, 0.4) is 0 Å². The summed E-state index contributed by atoms with van der Waals surface area (Å²) in [5.74, 6) is 0.187. The minimum absolute atomic E-state index is 0.187. The number of aromatic amines is 1. The molecule has 2 N–H and O–H groups in total. The molecular weight excluding hydrogens is 158 g/mol. The van der Waals surface area contributed by atoms with E-state index in [0.717, 1.165) is 4.47 Å². The van der Waals surface area contributed by atoms with E-state index in [9.17, 15) is 0 Å². The molecule has 1 aromatic rings. The monoisotopic (exact) mass is 161 g/mol. The van der Waals surface area contributed by atoms with Gasteiger partial charge >= 0.3 is 0 Å². The van der Waals surface area contributed by atoms with E-state index in [4.69, 9.17) is 5.11 Å². The molecule has 0 aliphatic heterocycles. The molecule has 3 heteroatoms. The van der Waals surface area contributed by atoms with E-state index in [1.807, 2.05) is 0 Å². The van der Waals surface area contributed by atoms with Crippen molar-refractivity contribution in [2.75, 3.05) is 0 Å². The Hall–Kier alpha value is -0.440. The van der Waals surface area contributed by atoms with Crippen LogP contribution < -0.4 is 0 Å². The van der Waals surface area contributed by atoms with Gasteiger partial charge in [-0.25, -0.2) is 0 Å². The SMILES string of the molecule is Oc1cc(Br)c[nH]1. The zero-order valence-electron chi connectivity index (χ0n) is 3.48. The van der Waals surface area contributed by atoms with Crippen molar-refractivity contribution in [3.05, 3.63) is 16.7 Å². The molecule has 0 aliphatic rings. The number of hydrogen-bond donors (Lipinski definition) is 2. The fourth-order valence-corrected chi connectivity index (χ4v) is 0.688. The van der Waals surface area contributed by atoms with Crippen LogP contribution in [0.15, 0.2) is 16.7 Å². The Kier molecular flexibility index (Phi) is 1.06. The van der Waals surface area contributed by atoms with E-state index >= 15 is 0 Å². The van der Waals surface area contributed by atoms with Crippen LogP contribution in [0.1, 0.15) is 0 Å². The summed E-state index contributed by atoms with van der Waals surface area (Å²) >= 11 is 3.14. The third-order valence-electron chi connectivity index (χ3n) is 0.633. The van der Waals surface area contributed by atoms with E-state index < -0.39 is 0 Å². The van der Waals surface area contributed by atoms with Gasteiger partial charge in [-0.3, -0.25) is 0 Å². The maximum Gasteiger partial charge on any atom is 0.189 e. The lowest BCUT2D eigenvalue weighted by Crippen LogP contribution is -1.51. The van der Waals surface area contributed by atoms with E-state index in [0.29, 0.717) is 0 Å². The molecule has 0 bridgehead atoms. The molecule has 0 aromatic carbocycles. The zero-order chi connectivity index (χ0) is 5.28. The Morgan fingerprint density at radius 3 is 2.57 bits per heavy atom. The number of rotatable bonds is 0. The first-order valence-electron chi connectivity index (χ1n) is 1.82. The first-order valence-corrected chi connectivity index (χ1v) is 2.61. The molecule has 2 nitrogen and oxygen atoms in total. The molecule has 0 amide bonds. The van der Waals surface area contributed by atoms with Crippen LogP contribution in [-0.4, -0.2) is 10.1 Å². The third-order valence-corrected chi connectivity index (χ3v) is 1.09. The average Bonchev–Trinajstić information content (AvgIpc) is 1.87. The summed E-state index contributed by atoms with van der Waals surface area (Å²) in [6.07, 6.45) is 1.66. The minimum Gasteiger partial charge on any atom is -0.495 e. The van der Waals surface area contributed by atoms with Crippen LogP contribution >= 0.6 is 15.9 Å². The molecule has 1 aromatic heterocycles. The molecule has 0 atom stereocenters. The highest BCUT2D eigenvalue weighted by molar-refractivity contribution is 9.10. The zero-order valence-corrected chi connectivity index (χ0v) is 5.07. The molecule has 7 heavy (non-hydrogen) atoms. The number of hydrogen-bond acceptors (Lipinski definition) is 1. The normalized spacial score (nSPS) is 9.29. The first kappa shape index (κ1) is 4.71. The van der Waals surface area contributed by atoms with E-state index in [-0.39, 0.29) is 5.88 Å². The Balaban J connectivity index is 3.04.